The van der Waals surface area contributed by atoms with E-state index in [1.807, 2.05) is 61.0 Å². The number of aryl methyl sites for hydroxylation is 1. The van der Waals surface area contributed by atoms with Gasteiger partial charge >= 0.3 is 0 Å². The SMILES string of the molecule is Cc1nn(-c2ccccc2)c(C)c1NC(=O)CN1CCCN(c2ccc(F)cc2)CC1. The van der Waals surface area contributed by atoms with E-state index in [2.05, 4.69) is 20.2 Å². The molecule has 0 bridgehead atoms. The molecule has 162 valence electrons. The number of anilines is 2. The predicted molar refractivity (Wildman–Crippen MR) is 121 cm³/mol. The molecule has 0 atom stereocenters. The Labute approximate surface area is 182 Å². The first-order valence-corrected chi connectivity index (χ1v) is 10.7. The number of para-hydroxylation sites is 1. The lowest BCUT2D eigenvalue weighted by Gasteiger charge is -2.23. The van der Waals surface area contributed by atoms with Gasteiger partial charge in [-0.3, -0.25) is 9.69 Å². The largest absolute Gasteiger partial charge is 0.370 e. The maximum Gasteiger partial charge on any atom is 0.238 e. The smallest absolute Gasteiger partial charge is 0.238 e. The van der Waals surface area contributed by atoms with Crippen LogP contribution in [0.4, 0.5) is 15.8 Å². The quantitative estimate of drug-likeness (QED) is 0.681. The predicted octanol–water partition coefficient (Wildman–Crippen LogP) is 3.78. The van der Waals surface area contributed by atoms with E-state index in [0.29, 0.717) is 6.54 Å². The van der Waals surface area contributed by atoms with Crippen LogP contribution in [0, 0.1) is 19.7 Å². The van der Waals surface area contributed by atoms with Crippen LogP contribution in [0.2, 0.25) is 0 Å². The second-order valence-electron chi connectivity index (χ2n) is 7.93. The minimum Gasteiger partial charge on any atom is -0.370 e. The summed E-state index contributed by atoms with van der Waals surface area (Å²) in [4.78, 5) is 17.2. The van der Waals surface area contributed by atoms with Crippen molar-refractivity contribution in [3.8, 4) is 5.69 Å². The lowest BCUT2D eigenvalue weighted by molar-refractivity contribution is -0.117. The van der Waals surface area contributed by atoms with Crippen molar-refractivity contribution < 1.29 is 9.18 Å². The molecule has 1 amide bonds. The lowest BCUT2D eigenvalue weighted by atomic mass is 10.2. The first kappa shape index (κ1) is 21.1. The third kappa shape index (κ3) is 4.94. The van der Waals surface area contributed by atoms with Crippen LogP contribution in [0.25, 0.3) is 5.69 Å². The van der Waals surface area contributed by atoms with Gasteiger partial charge in [-0.2, -0.15) is 5.10 Å². The topological polar surface area (TPSA) is 53.4 Å². The number of halogens is 1. The number of aromatic nitrogens is 2. The Bertz CT molecular complexity index is 1030. The van der Waals surface area contributed by atoms with Gasteiger partial charge < -0.3 is 10.2 Å². The molecule has 0 aliphatic carbocycles. The van der Waals surface area contributed by atoms with Crippen molar-refractivity contribution in [2.24, 2.45) is 0 Å². The van der Waals surface area contributed by atoms with Crippen LogP contribution in [0.15, 0.2) is 54.6 Å². The summed E-state index contributed by atoms with van der Waals surface area (Å²) in [7, 11) is 0. The van der Waals surface area contributed by atoms with Gasteiger partial charge in [-0.25, -0.2) is 9.07 Å². The number of carbonyl (C=O) groups is 1. The number of nitrogens with one attached hydrogen (secondary N) is 1. The number of amides is 1. The van der Waals surface area contributed by atoms with E-state index in [0.717, 1.165) is 61.0 Å². The molecule has 0 unspecified atom stereocenters. The van der Waals surface area contributed by atoms with Crippen molar-refractivity contribution in [2.75, 3.05) is 42.9 Å². The van der Waals surface area contributed by atoms with Crippen molar-refractivity contribution in [2.45, 2.75) is 20.3 Å². The van der Waals surface area contributed by atoms with Gasteiger partial charge in [-0.15, -0.1) is 0 Å². The fourth-order valence-corrected chi connectivity index (χ4v) is 4.07. The zero-order valence-electron chi connectivity index (χ0n) is 18.0. The van der Waals surface area contributed by atoms with Gasteiger partial charge in [0.2, 0.25) is 5.91 Å². The summed E-state index contributed by atoms with van der Waals surface area (Å²) in [6.07, 6.45) is 0.953. The molecule has 0 saturated carbocycles. The highest BCUT2D eigenvalue weighted by molar-refractivity contribution is 5.93. The van der Waals surface area contributed by atoms with Gasteiger partial charge in [0.1, 0.15) is 5.82 Å². The summed E-state index contributed by atoms with van der Waals surface area (Å²) in [5, 5.41) is 7.67. The summed E-state index contributed by atoms with van der Waals surface area (Å²) in [6.45, 7) is 7.56. The first-order valence-electron chi connectivity index (χ1n) is 10.7. The molecule has 1 aliphatic heterocycles. The van der Waals surface area contributed by atoms with E-state index in [1.165, 1.54) is 12.1 Å². The molecule has 0 radical (unpaired) electrons. The molecule has 1 aliphatic rings. The van der Waals surface area contributed by atoms with Crippen molar-refractivity contribution in [3.05, 3.63) is 71.8 Å². The Morgan fingerprint density at radius 2 is 1.71 bits per heavy atom. The molecule has 6 nitrogen and oxygen atoms in total. The average molecular weight is 422 g/mol. The monoisotopic (exact) mass is 421 g/mol. The van der Waals surface area contributed by atoms with Gasteiger partial charge in [0.25, 0.3) is 0 Å². The zero-order chi connectivity index (χ0) is 21.8. The molecular formula is C24H28FN5O. The number of hydrogen-bond donors (Lipinski definition) is 1. The van der Waals surface area contributed by atoms with Gasteiger partial charge in [-0.1, -0.05) is 18.2 Å². The number of carbonyl (C=O) groups excluding carboxylic acids is 1. The van der Waals surface area contributed by atoms with Crippen molar-refractivity contribution in [3.63, 3.8) is 0 Å². The summed E-state index contributed by atoms with van der Waals surface area (Å²) >= 11 is 0. The van der Waals surface area contributed by atoms with Crippen molar-refractivity contribution in [1.82, 2.24) is 14.7 Å². The van der Waals surface area contributed by atoms with Crippen LogP contribution >= 0.6 is 0 Å². The maximum atomic E-state index is 13.2. The molecule has 1 saturated heterocycles. The van der Waals surface area contributed by atoms with E-state index >= 15 is 0 Å². The summed E-state index contributed by atoms with van der Waals surface area (Å²) in [5.41, 5.74) is 4.48. The van der Waals surface area contributed by atoms with Crippen molar-refractivity contribution in [1.29, 1.82) is 0 Å². The summed E-state index contributed by atoms with van der Waals surface area (Å²) in [6, 6.07) is 16.5. The fraction of sp³-hybridized carbons (Fsp3) is 0.333. The molecule has 2 heterocycles. The van der Waals surface area contributed by atoms with E-state index in [4.69, 9.17) is 0 Å². The summed E-state index contributed by atoms with van der Waals surface area (Å²) < 4.78 is 15.1. The van der Waals surface area contributed by atoms with Crippen LogP contribution in [-0.2, 0) is 4.79 Å². The number of rotatable bonds is 5. The molecule has 4 rings (SSSR count). The van der Waals surface area contributed by atoms with Gasteiger partial charge in [0.15, 0.2) is 0 Å². The van der Waals surface area contributed by atoms with Gasteiger partial charge in [0, 0.05) is 31.9 Å². The van der Waals surface area contributed by atoms with Gasteiger partial charge in [-0.05, 0) is 56.7 Å². The Morgan fingerprint density at radius 1 is 0.968 bits per heavy atom. The number of hydrogen-bond acceptors (Lipinski definition) is 4. The number of benzene rings is 2. The molecule has 7 heteroatoms. The van der Waals surface area contributed by atoms with E-state index < -0.39 is 0 Å². The second-order valence-corrected chi connectivity index (χ2v) is 7.93. The molecule has 1 aromatic heterocycles. The highest BCUT2D eigenvalue weighted by atomic mass is 19.1. The second kappa shape index (κ2) is 9.31. The van der Waals surface area contributed by atoms with Crippen LogP contribution < -0.4 is 10.2 Å². The minimum absolute atomic E-state index is 0.0333. The molecule has 3 aromatic rings. The molecule has 1 fully saturated rings. The Kier molecular flexibility index (Phi) is 6.32. The van der Waals surface area contributed by atoms with E-state index in [-0.39, 0.29) is 11.7 Å². The van der Waals surface area contributed by atoms with Crippen LogP contribution in [0.3, 0.4) is 0 Å². The third-order valence-corrected chi connectivity index (χ3v) is 5.70. The highest BCUT2D eigenvalue weighted by Crippen LogP contribution is 2.23. The standard InChI is InChI=1S/C24H28FN5O/c1-18-24(19(2)30(27-18)22-7-4-3-5-8-22)26-23(31)17-28-13-6-14-29(16-15-28)21-11-9-20(25)10-12-21/h3-5,7-12H,6,13-17H2,1-2H3,(H,26,31). The molecule has 0 spiro atoms. The zero-order valence-corrected chi connectivity index (χ0v) is 18.0. The third-order valence-electron chi connectivity index (χ3n) is 5.70. The summed E-state index contributed by atoms with van der Waals surface area (Å²) in [5.74, 6) is -0.257. The van der Waals surface area contributed by atoms with Gasteiger partial charge in [0.05, 0.1) is 29.3 Å². The van der Waals surface area contributed by atoms with Crippen LogP contribution in [0.5, 0.6) is 0 Å². The lowest BCUT2D eigenvalue weighted by Crippen LogP contribution is -2.36. The van der Waals surface area contributed by atoms with Crippen LogP contribution in [0.1, 0.15) is 17.8 Å². The normalized spacial score (nSPS) is 15.0. The number of nitrogens with zero attached hydrogens (tertiary/aromatic N) is 4. The molecule has 2 aromatic carbocycles. The molecule has 31 heavy (non-hydrogen) atoms. The Morgan fingerprint density at radius 3 is 2.45 bits per heavy atom. The Balaban J connectivity index is 1.37. The molecular weight excluding hydrogens is 393 g/mol. The maximum absolute atomic E-state index is 13.2. The van der Waals surface area contributed by atoms with E-state index in [1.54, 1.807) is 0 Å². The van der Waals surface area contributed by atoms with Crippen molar-refractivity contribution >= 4 is 17.3 Å². The highest BCUT2D eigenvalue weighted by Gasteiger charge is 2.20. The minimum atomic E-state index is -0.224. The van der Waals surface area contributed by atoms with E-state index in [9.17, 15) is 9.18 Å². The fourth-order valence-electron chi connectivity index (χ4n) is 4.07. The molecule has 1 N–H and O–H groups in total. The average Bonchev–Trinajstić information content (AvgIpc) is 2.93. The first-order chi connectivity index (χ1) is 15.0. The Hall–Kier alpha value is -3.19. The van der Waals surface area contributed by atoms with Crippen LogP contribution in [-0.4, -0.2) is 53.3 Å².